The summed E-state index contributed by atoms with van der Waals surface area (Å²) >= 11 is 0. The summed E-state index contributed by atoms with van der Waals surface area (Å²) in [6, 6.07) is 0. The highest BCUT2D eigenvalue weighted by molar-refractivity contribution is 14.0. The molecule has 0 amide bonds. The third-order valence-electron chi connectivity index (χ3n) is 5.09. The molecule has 0 aliphatic carbocycles. The van der Waals surface area contributed by atoms with Crippen LogP contribution < -0.4 is 0 Å². The first-order valence-electron chi connectivity index (χ1n) is 9.94. The average molecular weight is 698 g/mol. The molecule has 0 radical (unpaired) electrons. The van der Waals surface area contributed by atoms with Crippen molar-refractivity contribution in [2.24, 2.45) is 5.41 Å². The second-order valence-electron chi connectivity index (χ2n) is 7.12. The molecule has 0 aliphatic rings. The number of unbranched alkanes of at least 4 members (excludes halogenated alkanes) is 7. The summed E-state index contributed by atoms with van der Waals surface area (Å²) in [5, 5.41) is 0. The Balaban J connectivity index is -0.000000667. The van der Waals surface area contributed by atoms with Crippen LogP contribution >= 0.6 is 81.2 Å². The number of hydrogen-bond donors (Lipinski definition) is 0. The van der Waals surface area contributed by atoms with E-state index in [9.17, 15) is 0 Å². The predicted molar refractivity (Wildman–Crippen MR) is 150 cm³/mol. The van der Waals surface area contributed by atoms with Crippen LogP contribution in [0.3, 0.4) is 0 Å². The molecule has 0 saturated carbocycles. The van der Waals surface area contributed by atoms with Gasteiger partial charge in [-0.25, -0.2) is 0 Å². The molecule has 0 spiro atoms. The van der Waals surface area contributed by atoms with Gasteiger partial charge in [-0.2, -0.15) is 0 Å². The van der Waals surface area contributed by atoms with E-state index in [4.69, 9.17) is 0 Å². The van der Waals surface area contributed by atoms with Crippen molar-refractivity contribution in [3.8, 4) is 0 Å². The van der Waals surface area contributed by atoms with Gasteiger partial charge < -0.3 is 0 Å². The molecule has 1 unspecified atom stereocenters. The Morgan fingerprint density at radius 1 is 0.500 bits per heavy atom. The Bertz CT molecular complexity index is 191. The predicted octanol–water partition coefficient (Wildman–Crippen LogP) is 9.61. The maximum absolute atomic E-state index is 2.86. The van der Waals surface area contributed by atoms with Crippen molar-refractivity contribution in [2.75, 3.05) is 6.16 Å². The quantitative estimate of drug-likeness (QED) is 0.0856. The normalized spacial score (nSPS) is 10.5. The van der Waals surface area contributed by atoms with E-state index >= 15 is 0 Å². The Labute approximate surface area is 207 Å². The molecule has 0 bridgehead atoms. The van der Waals surface area contributed by atoms with Crippen molar-refractivity contribution in [3.05, 3.63) is 0 Å². The molecule has 0 fully saturated rings. The topological polar surface area (TPSA) is 0 Å². The molecule has 24 heavy (non-hydrogen) atoms. The standard InChI is InChI=1S/C20H43P.3HI/c1-4-7-15-20(16-8-5-2,17-9-6-3)18-13-11-10-12-14-19-21;;;/h4-19,21H2,1-3H3;3*1H. The summed E-state index contributed by atoms with van der Waals surface area (Å²) in [6.07, 6.45) is 23.0. The molecule has 1 atom stereocenters. The molecular formula is C20H46I3P. The zero-order valence-electron chi connectivity index (χ0n) is 16.6. The fourth-order valence-electron chi connectivity index (χ4n) is 3.58. The van der Waals surface area contributed by atoms with E-state index in [0.29, 0.717) is 5.41 Å². The molecule has 0 aromatic carbocycles. The third-order valence-corrected chi connectivity index (χ3v) is 5.50. The Kier molecular flexibility index (Phi) is 36.5. The number of hydrogen-bond acceptors (Lipinski definition) is 0. The molecule has 152 valence electrons. The van der Waals surface area contributed by atoms with Crippen molar-refractivity contribution in [1.82, 2.24) is 0 Å². The Morgan fingerprint density at radius 3 is 1.21 bits per heavy atom. The lowest BCUT2D eigenvalue weighted by Crippen LogP contribution is -2.21. The van der Waals surface area contributed by atoms with E-state index in [0.717, 1.165) is 0 Å². The maximum Gasteiger partial charge on any atom is -0.0297 e. The average Bonchev–Trinajstić information content (AvgIpc) is 2.51. The van der Waals surface area contributed by atoms with Crippen LogP contribution in [0.25, 0.3) is 0 Å². The van der Waals surface area contributed by atoms with Gasteiger partial charge in [0, 0.05) is 0 Å². The molecule has 0 aromatic rings. The molecule has 0 aliphatic heterocycles. The Hall–Kier alpha value is 2.62. The van der Waals surface area contributed by atoms with Crippen LogP contribution in [0.4, 0.5) is 0 Å². The lowest BCUT2D eigenvalue weighted by atomic mass is 9.71. The molecule has 0 rings (SSSR count). The smallest absolute Gasteiger partial charge is 0.0297 e. The van der Waals surface area contributed by atoms with Crippen LogP contribution in [-0.4, -0.2) is 6.16 Å². The second kappa shape index (κ2) is 25.6. The lowest BCUT2D eigenvalue weighted by molar-refractivity contribution is 0.176. The van der Waals surface area contributed by atoms with Gasteiger partial charge in [0.2, 0.25) is 0 Å². The summed E-state index contributed by atoms with van der Waals surface area (Å²) in [7, 11) is 2.86. The molecule has 0 heterocycles. The third kappa shape index (κ3) is 19.4. The molecule has 0 N–H and O–H groups in total. The van der Waals surface area contributed by atoms with E-state index in [2.05, 4.69) is 30.0 Å². The van der Waals surface area contributed by atoms with E-state index in [-0.39, 0.29) is 71.9 Å². The summed E-state index contributed by atoms with van der Waals surface area (Å²) in [5.74, 6) is 0. The summed E-state index contributed by atoms with van der Waals surface area (Å²) in [6.45, 7) is 7.06. The van der Waals surface area contributed by atoms with E-state index in [1.165, 1.54) is 102 Å². The molecule has 4 heteroatoms. The maximum atomic E-state index is 2.86. The van der Waals surface area contributed by atoms with E-state index in [1.54, 1.807) is 0 Å². The van der Waals surface area contributed by atoms with Crippen LogP contribution in [0.2, 0.25) is 0 Å². The first kappa shape index (κ1) is 34.1. The molecule has 0 saturated heterocycles. The van der Waals surface area contributed by atoms with Crippen LogP contribution in [0, 0.1) is 5.41 Å². The van der Waals surface area contributed by atoms with Crippen LogP contribution in [0.1, 0.15) is 117 Å². The minimum absolute atomic E-state index is 0. The zero-order chi connectivity index (χ0) is 15.8. The van der Waals surface area contributed by atoms with Crippen molar-refractivity contribution < 1.29 is 0 Å². The van der Waals surface area contributed by atoms with Gasteiger partial charge in [-0.3, -0.25) is 0 Å². The number of rotatable bonds is 16. The highest BCUT2D eigenvalue weighted by Gasteiger charge is 2.27. The van der Waals surface area contributed by atoms with Crippen molar-refractivity contribution in [2.45, 2.75) is 117 Å². The van der Waals surface area contributed by atoms with Crippen LogP contribution in [0.15, 0.2) is 0 Å². The van der Waals surface area contributed by atoms with Gasteiger partial charge in [-0.1, -0.05) is 85.0 Å². The molecular weight excluding hydrogens is 652 g/mol. The minimum Gasteiger partial charge on any atom is -0.138 e. The van der Waals surface area contributed by atoms with E-state index < -0.39 is 0 Å². The van der Waals surface area contributed by atoms with Crippen LogP contribution in [-0.2, 0) is 0 Å². The van der Waals surface area contributed by atoms with Gasteiger partial charge in [0.05, 0.1) is 0 Å². The molecule has 0 nitrogen and oxygen atoms in total. The minimum atomic E-state index is 0. The fourth-order valence-corrected chi connectivity index (χ4v) is 3.87. The van der Waals surface area contributed by atoms with Gasteiger partial charge in [0.25, 0.3) is 0 Å². The second-order valence-corrected chi connectivity index (χ2v) is 7.69. The summed E-state index contributed by atoms with van der Waals surface area (Å²) in [4.78, 5) is 0. The SMILES string of the molecule is CCCCC(CCCC)(CCCC)CCCCCCCP.I.I.I. The Morgan fingerprint density at radius 2 is 0.833 bits per heavy atom. The van der Waals surface area contributed by atoms with Gasteiger partial charge in [0.15, 0.2) is 0 Å². The van der Waals surface area contributed by atoms with Crippen molar-refractivity contribution in [1.29, 1.82) is 0 Å². The largest absolute Gasteiger partial charge is 0.138 e. The van der Waals surface area contributed by atoms with Gasteiger partial charge >= 0.3 is 0 Å². The monoisotopic (exact) mass is 698 g/mol. The van der Waals surface area contributed by atoms with E-state index in [1.807, 2.05) is 0 Å². The van der Waals surface area contributed by atoms with Gasteiger partial charge in [0.1, 0.15) is 0 Å². The van der Waals surface area contributed by atoms with Crippen molar-refractivity contribution in [3.63, 3.8) is 0 Å². The van der Waals surface area contributed by atoms with Crippen LogP contribution in [0.5, 0.6) is 0 Å². The first-order chi connectivity index (χ1) is 10.2. The summed E-state index contributed by atoms with van der Waals surface area (Å²) < 4.78 is 0. The van der Waals surface area contributed by atoms with Gasteiger partial charge in [-0.05, 0) is 43.7 Å². The highest BCUT2D eigenvalue weighted by Crippen LogP contribution is 2.41. The molecule has 0 aromatic heterocycles. The summed E-state index contributed by atoms with van der Waals surface area (Å²) in [5.41, 5.74) is 0.697. The zero-order valence-corrected chi connectivity index (χ0v) is 24.8. The fraction of sp³-hybridized carbons (Fsp3) is 1.00. The van der Waals surface area contributed by atoms with Gasteiger partial charge in [-0.15, -0.1) is 81.2 Å². The van der Waals surface area contributed by atoms with Crippen molar-refractivity contribution >= 4 is 81.2 Å². The highest BCUT2D eigenvalue weighted by atomic mass is 127. The first-order valence-corrected chi connectivity index (χ1v) is 10.8. The number of halogens is 3. The lowest BCUT2D eigenvalue weighted by Gasteiger charge is -2.35.